The molecule has 10 heavy (non-hydrogen) atoms. The summed E-state index contributed by atoms with van der Waals surface area (Å²) in [6.07, 6.45) is -0.390. The first-order valence-electron chi connectivity index (χ1n) is 2.62. The quantitative estimate of drug-likeness (QED) is 0.414. The average molecular weight is 224 g/mol. The lowest BCUT2D eigenvalue weighted by Gasteiger charge is -2.15. The summed E-state index contributed by atoms with van der Waals surface area (Å²) in [5.41, 5.74) is 0. The number of halogens is 3. The number of ether oxygens (including phenoxy) is 2. The van der Waals surface area contributed by atoms with Crippen LogP contribution in [0.5, 0.6) is 0 Å². The lowest BCUT2D eigenvalue weighted by molar-refractivity contribution is -0.0876. The molecule has 0 spiro atoms. The first-order valence-corrected chi connectivity index (χ1v) is 7.86. The van der Waals surface area contributed by atoms with Crippen LogP contribution in [0.4, 0.5) is 0 Å². The van der Waals surface area contributed by atoms with Crippen molar-refractivity contribution in [1.82, 2.24) is 0 Å². The molecule has 0 aromatic heterocycles. The van der Waals surface area contributed by atoms with Gasteiger partial charge in [-0.3, -0.25) is 0 Å². The molecule has 0 saturated heterocycles. The molecular formula is C4H9Cl3O2Si. The lowest BCUT2D eigenvalue weighted by atomic mass is 10.7. The minimum absolute atomic E-state index is 0.366. The van der Waals surface area contributed by atoms with Gasteiger partial charge in [0.15, 0.2) is 6.29 Å². The molecule has 0 fully saturated rings. The summed E-state index contributed by atoms with van der Waals surface area (Å²) >= 11 is 16.8. The highest BCUT2D eigenvalue weighted by Gasteiger charge is 2.29. The molecule has 0 aliphatic heterocycles. The maximum Gasteiger partial charge on any atom is 0.346 e. The van der Waals surface area contributed by atoms with Crippen LogP contribution in [0.1, 0.15) is 0 Å². The van der Waals surface area contributed by atoms with Gasteiger partial charge in [0.2, 0.25) is 0 Å². The van der Waals surface area contributed by atoms with E-state index >= 15 is 0 Å². The minimum atomic E-state index is -2.60. The van der Waals surface area contributed by atoms with E-state index in [1.165, 1.54) is 14.2 Å². The van der Waals surface area contributed by atoms with Gasteiger partial charge < -0.3 is 9.47 Å². The zero-order valence-corrected chi connectivity index (χ0v) is 9.00. The van der Waals surface area contributed by atoms with Crippen LogP contribution in [0.25, 0.3) is 0 Å². The summed E-state index contributed by atoms with van der Waals surface area (Å²) in [6, 6.07) is -2.23. The minimum Gasteiger partial charge on any atom is -0.356 e. The summed E-state index contributed by atoms with van der Waals surface area (Å²) in [4.78, 5) is 0. The number of rotatable bonds is 4. The Balaban J connectivity index is 3.63. The van der Waals surface area contributed by atoms with Gasteiger partial charge >= 0.3 is 6.00 Å². The van der Waals surface area contributed by atoms with Crippen molar-refractivity contribution in [2.75, 3.05) is 14.2 Å². The zero-order valence-electron chi connectivity index (χ0n) is 5.73. The van der Waals surface area contributed by atoms with E-state index in [2.05, 4.69) is 0 Å². The first-order chi connectivity index (χ1) is 4.49. The molecule has 6 heteroatoms. The Labute approximate surface area is 75.5 Å². The van der Waals surface area contributed by atoms with Crippen LogP contribution in [0.3, 0.4) is 0 Å². The van der Waals surface area contributed by atoms with Gasteiger partial charge in [-0.05, 0) is 0 Å². The van der Waals surface area contributed by atoms with Crippen molar-refractivity contribution in [1.29, 1.82) is 0 Å². The summed E-state index contributed by atoms with van der Waals surface area (Å²) in [6.45, 7) is 0. The van der Waals surface area contributed by atoms with Crippen LogP contribution in [-0.2, 0) is 9.47 Å². The standard InChI is InChI=1S/C4H9Cl3O2Si/c1-8-4(9-2)3-10(5,6)7/h4H,3H2,1-2H3. The van der Waals surface area contributed by atoms with Crippen molar-refractivity contribution in [3.8, 4) is 0 Å². The third-order valence-electron chi connectivity index (χ3n) is 0.924. The Morgan fingerprint density at radius 3 is 1.70 bits per heavy atom. The fourth-order valence-electron chi connectivity index (χ4n) is 0.452. The highest BCUT2D eigenvalue weighted by atomic mass is 35.8. The molecule has 0 atom stereocenters. The normalized spacial score (nSPS) is 12.6. The maximum absolute atomic E-state index is 5.60. The first kappa shape index (κ1) is 11.0. The van der Waals surface area contributed by atoms with Crippen molar-refractivity contribution in [2.24, 2.45) is 0 Å². The third-order valence-corrected chi connectivity index (χ3v) is 3.11. The second-order valence-electron chi connectivity index (χ2n) is 1.72. The molecule has 0 amide bonds. The van der Waals surface area contributed by atoms with E-state index in [9.17, 15) is 0 Å². The van der Waals surface area contributed by atoms with Gasteiger partial charge in [0.1, 0.15) is 0 Å². The Hall–Kier alpha value is 1.01. The van der Waals surface area contributed by atoms with Crippen molar-refractivity contribution in [2.45, 2.75) is 12.3 Å². The van der Waals surface area contributed by atoms with Gasteiger partial charge in [0.25, 0.3) is 0 Å². The van der Waals surface area contributed by atoms with Crippen LogP contribution in [0.15, 0.2) is 0 Å². The smallest absolute Gasteiger partial charge is 0.346 e. The zero-order chi connectivity index (χ0) is 8.20. The fourth-order valence-corrected chi connectivity index (χ4v) is 2.30. The molecule has 0 aromatic rings. The van der Waals surface area contributed by atoms with Crippen LogP contribution in [0, 0.1) is 0 Å². The molecule has 0 aliphatic rings. The van der Waals surface area contributed by atoms with E-state index in [4.69, 9.17) is 42.7 Å². The molecule has 0 aromatic carbocycles. The highest BCUT2D eigenvalue weighted by molar-refractivity contribution is 7.64. The molecule has 0 bridgehead atoms. The average Bonchev–Trinajstić information content (AvgIpc) is 1.81. The van der Waals surface area contributed by atoms with Crippen molar-refractivity contribution >= 4 is 39.2 Å². The van der Waals surface area contributed by atoms with E-state index in [0.29, 0.717) is 6.04 Å². The van der Waals surface area contributed by atoms with Crippen LogP contribution >= 0.6 is 33.2 Å². The highest BCUT2D eigenvalue weighted by Crippen LogP contribution is 2.27. The van der Waals surface area contributed by atoms with Crippen LogP contribution in [-0.4, -0.2) is 26.5 Å². The molecule has 62 valence electrons. The second kappa shape index (κ2) is 4.80. The number of methoxy groups -OCH3 is 2. The van der Waals surface area contributed by atoms with Gasteiger partial charge in [0, 0.05) is 20.3 Å². The van der Waals surface area contributed by atoms with Crippen molar-refractivity contribution in [3.63, 3.8) is 0 Å². The number of hydrogen-bond donors (Lipinski definition) is 0. The van der Waals surface area contributed by atoms with Crippen molar-refractivity contribution < 1.29 is 9.47 Å². The Morgan fingerprint density at radius 1 is 1.20 bits per heavy atom. The predicted octanol–water partition coefficient (Wildman–Crippen LogP) is 2.26. The third kappa shape index (κ3) is 5.77. The summed E-state index contributed by atoms with van der Waals surface area (Å²) in [5, 5.41) is 0. The van der Waals surface area contributed by atoms with E-state index < -0.39 is 6.00 Å². The van der Waals surface area contributed by atoms with E-state index in [1.54, 1.807) is 0 Å². The fraction of sp³-hybridized carbons (Fsp3) is 1.00. The molecular weight excluding hydrogens is 214 g/mol. The topological polar surface area (TPSA) is 18.5 Å². The molecule has 0 aliphatic carbocycles. The van der Waals surface area contributed by atoms with Crippen LogP contribution < -0.4 is 0 Å². The van der Waals surface area contributed by atoms with E-state index in [0.717, 1.165) is 0 Å². The largest absolute Gasteiger partial charge is 0.356 e. The van der Waals surface area contributed by atoms with Gasteiger partial charge in [0.05, 0.1) is 0 Å². The Morgan fingerprint density at radius 2 is 1.60 bits per heavy atom. The van der Waals surface area contributed by atoms with Gasteiger partial charge in [-0.15, -0.1) is 33.2 Å². The number of hydrogen-bond acceptors (Lipinski definition) is 2. The van der Waals surface area contributed by atoms with Gasteiger partial charge in [-0.2, -0.15) is 0 Å². The molecule has 0 N–H and O–H groups in total. The molecule has 0 rings (SSSR count). The van der Waals surface area contributed by atoms with Gasteiger partial charge in [-0.1, -0.05) is 0 Å². The van der Waals surface area contributed by atoms with Crippen LogP contribution in [0.2, 0.25) is 6.04 Å². The summed E-state index contributed by atoms with van der Waals surface area (Å²) < 4.78 is 9.67. The lowest BCUT2D eigenvalue weighted by Crippen LogP contribution is -2.23. The molecule has 0 unspecified atom stereocenters. The maximum atomic E-state index is 5.60. The molecule has 0 saturated carbocycles. The molecule has 2 nitrogen and oxygen atoms in total. The van der Waals surface area contributed by atoms with Crippen molar-refractivity contribution in [3.05, 3.63) is 0 Å². The second-order valence-corrected chi connectivity index (χ2v) is 10.9. The monoisotopic (exact) mass is 222 g/mol. The Bertz CT molecular complexity index is 91.0. The van der Waals surface area contributed by atoms with Gasteiger partial charge in [-0.25, -0.2) is 0 Å². The summed E-state index contributed by atoms with van der Waals surface area (Å²) in [7, 11) is 3.03. The SMILES string of the molecule is COC(C[Si](Cl)(Cl)Cl)OC. The molecule has 0 radical (unpaired) electrons. The van der Waals surface area contributed by atoms with E-state index in [1.807, 2.05) is 0 Å². The Kier molecular flexibility index (Phi) is 5.28. The summed E-state index contributed by atoms with van der Waals surface area (Å²) in [5.74, 6) is 0. The predicted molar refractivity (Wildman–Crippen MR) is 45.9 cm³/mol. The molecule has 0 heterocycles. The van der Waals surface area contributed by atoms with E-state index in [-0.39, 0.29) is 6.29 Å².